The molecule has 0 atom stereocenters. The number of nitrogens with zero attached hydrogens (tertiary/aromatic N) is 5. The van der Waals surface area contributed by atoms with E-state index >= 15 is 0 Å². The summed E-state index contributed by atoms with van der Waals surface area (Å²) in [7, 11) is 0. The number of benzene rings is 8. The van der Waals surface area contributed by atoms with Gasteiger partial charge in [0.05, 0.1) is 40.1 Å². The van der Waals surface area contributed by atoms with Crippen LogP contribution in [0.3, 0.4) is 0 Å². The SMILES string of the molecule is [2H]c1c([2H])c([2H])c(-c2nc(-c3ccccc3)nc(-c3ccc(-n4c5ccccc5c5cc6c7cccc8c9ccccc9n(c6cc54)c87)c4ccccc34)n2)c([2H])c1[2H]. The second kappa shape index (κ2) is 11.1. The smallest absolute Gasteiger partial charge is 0.164 e. The zero-order valence-corrected chi connectivity index (χ0v) is 28.6. The van der Waals surface area contributed by atoms with Crippen LogP contribution in [0.4, 0.5) is 0 Å². The first-order chi connectivity index (χ1) is 28.9. The quantitative estimate of drug-likeness (QED) is 0.184. The Morgan fingerprint density at radius 3 is 1.78 bits per heavy atom. The molecule has 0 unspecified atom stereocenters. The molecule has 0 radical (unpaired) electrons. The maximum absolute atomic E-state index is 8.76. The van der Waals surface area contributed by atoms with Crippen molar-refractivity contribution in [1.82, 2.24) is 23.9 Å². The van der Waals surface area contributed by atoms with Crippen molar-refractivity contribution in [2.45, 2.75) is 0 Å². The van der Waals surface area contributed by atoms with E-state index in [2.05, 4.69) is 106 Å². The summed E-state index contributed by atoms with van der Waals surface area (Å²) >= 11 is 0. The molecule has 0 aliphatic carbocycles. The van der Waals surface area contributed by atoms with E-state index in [1.165, 1.54) is 32.6 Å². The lowest BCUT2D eigenvalue weighted by atomic mass is 10.0. The van der Waals surface area contributed by atoms with Crippen LogP contribution in [0, 0.1) is 0 Å². The third-order valence-corrected chi connectivity index (χ3v) is 10.8. The molecule has 0 saturated carbocycles. The normalized spacial score (nSPS) is 13.4. The number of fused-ring (bicyclic) bond motifs is 10. The second-order valence-electron chi connectivity index (χ2n) is 13.6. The van der Waals surface area contributed by atoms with E-state index in [4.69, 9.17) is 21.8 Å². The van der Waals surface area contributed by atoms with Crippen LogP contribution in [0.1, 0.15) is 6.85 Å². The van der Waals surface area contributed by atoms with Gasteiger partial charge >= 0.3 is 0 Å². The maximum Gasteiger partial charge on any atom is 0.164 e. The van der Waals surface area contributed by atoms with Crippen molar-refractivity contribution < 1.29 is 6.85 Å². The molecule has 4 heterocycles. The molecule has 8 aromatic carbocycles. The molecule has 0 saturated heterocycles. The van der Waals surface area contributed by atoms with E-state index < -0.39 is 18.1 Å². The molecule has 0 aliphatic heterocycles. The van der Waals surface area contributed by atoms with Gasteiger partial charge in [-0.05, 0) is 41.8 Å². The summed E-state index contributed by atoms with van der Waals surface area (Å²) in [6.07, 6.45) is 0. The van der Waals surface area contributed by atoms with Crippen LogP contribution in [0.15, 0.2) is 176 Å². The highest BCUT2D eigenvalue weighted by atomic mass is 15.0. The average Bonchev–Trinajstić information content (AvgIpc) is 3.91. The predicted octanol–water partition coefficient (Wildman–Crippen LogP) is 12.3. The van der Waals surface area contributed by atoms with Crippen molar-refractivity contribution in [2.75, 3.05) is 0 Å². The van der Waals surface area contributed by atoms with Crippen molar-refractivity contribution in [3.8, 4) is 39.9 Å². The molecular weight excluding hydrogens is 659 g/mol. The molecule has 12 aromatic rings. The Bertz CT molecular complexity index is 3710. The van der Waals surface area contributed by atoms with Crippen LogP contribution >= 0.6 is 0 Å². The minimum absolute atomic E-state index is 0.00269. The number of hydrogen-bond acceptors (Lipinski definition) is 3. The number of rotatable bonds is 4. The molecule has 0 N–H and O–H groups in total. The van der Waals surface area contributed by atoms with E-state index in [0.717, 1.165) is 49.3 Å². The third-order valence-electron chi connectivity index (χ3n) is 10.8. The van der Waals surface area contributed by atoms with Gasteiger partial charge in [0.15, 0.2) is 17.5 Å². The number of hydrogen-bond donors (Lipinski definition) is 0. The van der Waals surface area contributed by atoms with Crippen LogP contribution in [0.2, 0.25) is 0 Å². The number of para-hydroxylation sites is 3. The Morgan fingerprint density at radius 2 is 0.981 bits per heavy atom. The van der Waals surface area contributed by atoms with Gasteiger partial charge in [0.2, 0.25) is 0 Å². The topological polar surface area (TPSA) is 48.0 Å². The van der Waals surface area contributed by atoms with Gasteiger partial charge in [-0.2, -0.15) is 0 Å². The summed E-state index contributed by atoms with van der Waals surface area (Å²) < 4.78 is 47.2. The van der Waals surface area contributed by atoms with Gasteiger partial charge in [-0.25, -0.2) is 15.0 Å². The van der Waals surface area contributed by atoms with Crippen LogP contribution in [0.25, 0.3) is 111 Å². The summed E-state index contributed by atoms with van der Waals surface area (Å²) in [5.41, 5.74) is 8.05. The zero-order valence-electron chi connectivity index (χ0n) is 33.6. The highest BCUT2D eigenvalue weighted by Crippen LogP contribution is 2.43. The molecule has 0 bridgehead atoms. The fourth-order valence-electron chi connectivity index (χ4n) is 8.51. The molecule has 0 fully saturated rings. The summed E-state index contributed by atoms with van der Waals surface area (Å²) in [6.45, 7) is 0. The Labute approximate surface area is 316 Å². The summed E-state index contributed by atoms with van der Waals surface area (Å²) in [4.78, 5) is 14.6. The monoisotopic (exact) mass is 692 g/mol. The molecular formula is C49H29N5. The number of aromatic nitrogens is 5. The Kier molecular flexibility index (Phi) is 5.07. The lowest BCUT2D eigenvalue weighted by Crippen LogP contribution is -2.01. The largest absolute Gasteiger partial charge is 0.309 e. The Balaban J connectivity index is 1.14. The molecule has 4 aromatic heterocycles. The molecule has 54 heavy (non-hydrogen) atoms. The standard InChI is InChI=1S/C49H29N5/c1-3-14-30(15-4-1)47-50-48(31-16-5-2-6-17-31)52-49(51-47)38-26-27-43(33-19-8-7-18-32(33)38)53-41-24-11-10-21-35(41)39-28-40-37-23-13-22-36-34-20-9-12-25-42(34)54(46(36)37)45(40)29-44(39)53/h1-29H/i1D,3D,4D,14D,15D. The van der Waals surface area contributed by atoms with Crippen LogP contribution in [0.5, 0.6) is 0 Å². The molecule has 0 amide bonds. The van der Waals surface area contributed by atoms with E-state index in [1.807, 2.05) is 48.5 Å². The minimum atomic E-state index is -0.475. The van der Waals surface area contributed by atoms with Gasteiger partial charge in [-0.1, -0.05) is 139 Å². The first-order valence-electron chi connectivity index (χ1n) is 20.4. The van der Waals surface area contributed by atoms with Crippen molar-refractivity contribution in [3.63, 3.8) is 0 Å². The highest BCUT2D eigenvalue weighted by molar-refractivity contribution is 6.26. The summed E-state index contributed by atoms with van der Waals surface area (Å²) in [6, 6.07) is 48.1. The molecule has 0 spiro atoms. The molecule has 5 heteroatoms. The van der Waals surface area contributed by atoms with Gasteiger partial charge in [0.1, 0.15) is 0 Å². The summed E-state index contributed by atoms with van der Waals surface area (Å²) in [5, 5.41) is 9.10. The highest BCUT2D eigenvalue weighted by Gasteiger charge is 2.22. The first kappa shape index (κ1) is 24.8. The van der Waals surface area contributed by atoms with Gasteiger partial charge in [0.25, 0.3) is 0 Å². The van der Waals surface area contributed by atoms with Gasteiger partial charge in [-0.15, -0.1) is 0 Å². The lowest BCUT2D eigenvalue weighted by molar-refractivity contribution is 1.08. The Hall–Kier alpha value is -7.37. The van der Waals surface area contributed by atoms with Gasteiger partial charge < -0.3 is 8.97 Å². The second-order valence-corrected chi connectivity index (χ2v) is 13.6. The fourth-order valence-corrected chi connectivity index (χ4v) is 8.51. The van der Waals surface area contributed by atoms with Crippen LogP contribution < -0.4 is 0 Å². The van der Waals surface area contributed by atoms with Crippen LogP contribution in [-0.4, -0.2) is 23.9 Å². The van der Waals surface area contributed by atoms with Gasteiger partial charge in [0, 0.05) is 54.4 Å². The zero-order chi connectivity index (χ0) is 39.7. The van der Waals surface area contributed by atoms with Crippen molar-refractivity contribution in [1.29, 1.82) is 0 Å². The van der Waals surface area contributed by atoms with Crippen molar-refractivity contribution >= 4 is 70.7 Å². The predicted molar refractivity (Wildman–Crippen MR) is 223 cm³/mol. The molecule has 5 nitrogen and oxygen atoms in total. The van der Waals surface area contributed by atoms with Crippen molar-refractivity contribution in [3.05, 3.63) is 176 Å². The van der Waals surface area contributed by atoms with E-state index in [-0.39, 0.29) is 23.5 Å². The molecule has 0 aliphatic rings. The van der Waals surface area contributed by atoms with Crippen LogP contribution in [-0.2, 0) is 0 Å². The Morgan fingerprint density at radius 1 is 0.389 bits per heavy atom. The molecule has 250 valence electrons. The van der Waals surface area contributed by atoms with E-state index in [1.54, 1.807) is 0 Å². The van der Waals surface area contributed by atoms with Crippen molar-refractivity contribution in [2.24, 2.45) is 0 Å². The van der Waals surface area contributed by atoms with E-state index in [0.29, 0.717) is 17.2 Å². The lowest BCUT2D eigenvalue weighted by Gasteiger charge is -2.15. The molecule has 12 rings (SSSR count). The average molecular weight is 693 g/mol. The fraction of sp³-hybridized carbons (Fsp3) is 0. The van der Waals surface area contributed by atoms with E-state index in [9.17, 15) is 0 Å². The maximum atomic E-state index is 8.76. The van der Waals surface area contributed by atoms with Gasteiger partial charge in [-0.3, -0.25) is 0 Å². The third kappa shape index (κ3) is 4.06. The summed E-state index contributed by atoms with van der Waals surface area (Å²) in [5.74, 6) is 0.655. The minimum Gasteiger partial charge on any atom is -0.309 e. The first-order valence-corrected chi connectivity index (χ1v) is 17.9.